The van der Waals surface area contributed by atoms with Crippen molar-refractivity contribution in [1.82, 2.24) is 15.0 Å². The third-order valence-corrected chi connectivity index (χ3v) is 4.01. The van der Waals surface area contributed by atoms with E-state index >= 15 is 0 Å². The molecule has 1 aromatic carbocycles. The Hall–Kier alpha value is -2.40. The highest BCUT2D eigenvalue weighted by atomic mass is 32.2. The summed E-state index contributed by atoms with van der Waals surface area (Å²) < 4.78 is 5.64. The van der Waals surface area contributed by atoms with Crippen LogP contribution >= 0.6 is 11.8 Å². The van der Waals surface area contributed by atoms with Crippen LogP contribution in [0.15, 0.2) is 64.4 Å². The summed E-state index contributed by atoms with van der Waals surface area (Å²) in [6.45, 7) is 0. The Morgan fingerprint density at radius 1 is 0.952 bits per heavy atom. The first kappa shape index (κ1) is 12.3. The van der Waals surface area contributed by atoms with Gasteiger partial charge in [0.2, 0.25) is 0 Å². The minimum Gasteiger partial charge on any atom is -0.430 e. The van der Waals surface area contributed by atoms with Gasteiger partial charge < -0.3 is 4.42 Å². The quantitative estimate of drug-likeness (QED) is 0.533. The second-order valence-corrected chi connectivity index (χ2v) is 5.52. The van der Waals surface area contributed by atoms with E-state index in [1.807, 2.05) is 36.4 Å². The minimum absolute atomic E-state index is 0.624. The first-order valence-corrected chi connectivity index (χ1v) is 7.56. The standard InChI is InChI=1S/C16H11N3OS/c1-2-5-13-11(4-1)7-8-12(18-13)10-21-16-19-15-14(20-16)6-3-9-17-15/h1-9H,10H2. The number of oxazole rings is 1. The molecule has 0 amide bonds. The number of pyridine rings is 2. The van der Waals surface area contributed by atoms with Gasteiger partial charge in [0, 0.05) is 17.3 Å². The zero-order valence-corrected chi connectivity index (χ0v) is 11.9. The molecule has 4 rings (SSSR count). The molecule has 4 nitrogen and oxygen atoms in total. The van der Waals surface area contributed by atoms with Gasteiger partial charge in [0.05, 0.1) is 11.2 Å². The fraction of sp³-hybridized carbons (Fsp3) is 0.0625. The fourth-order valence-corrected chi connectivity index (χ4v) is 2.87. The number of rotatable bonds is 3. The largest absolute Gasteiger partial charge is 0.430 e. The van der Waals surface area contributed by atoms with E-state index in [2.05, 4.69) is 27.1 Å². The normalized spacial score (nSPS) is 11.2. The molecule has 0 aliphatic carbocycles. The number of nitrogens with zero attached hydrogens (tertiary/aromatic N) is 3. The Balaban J connectivity index is 1.57. The molecule has 5 heteroatoms. The highest BCUT2D eigenvalue weighted by molar-refractivity contribution is 7.98. The summed E-state index contributed by atoms with van der Waals surface area (Å²) in [5.74, 6) is 0.720. The molecular formula is C16H11N3OS. The first-order chi connectivity index (χ1) is 10.4. The van der Waals surface area contributed by atoms with Crippen molar-refractivity contribution in [2.24, 2.45) is 0 Å². The average molecular weight is 293 g/mol. The summed E-state index contributed by atoms with van der Waals surface area (Å²) in [4.78, 5) is 13.1. The predicted molar refractivity (Wildman–Crippen MR) is 83.1 cm³/mol. The van der Waals surface area contributed by atoms with Crippen molar-refractivity contribution >= 4 is 33.9 Å². The van der Waals surface area contributed by atoms with Crippen LogP contribution in [0.1, 0.15) is 5.69 Å². The molecular weight excluding hydrogens is 282 g/mol. The molecule has 102 valence electrons. The summed E-state index contributed by atoms with van der Waals surface area (Å²) in [6.07, 6.45) is 1.71. The number of hydrogen-bond donors (Lipinski definition) is 0. The lowest BCUT2D eigenvalue weighted by Gasteiger charge is -2.01. The van der Waals surface area contributed by atoms with Crippen LogP contribution in [-0.2, 0) is 5.75 Å². The molecule has 0 unspecified atom stereocenters. The summed E-state index contributed by atoms with van der Waals surface area (Å²) in [5, 5.41) is 1.77. The molecule has 0 saturated carbocycles. The zero-order valence-electron chi connectivity index (χ0n) is 11.1. The molecule has 0 radical (unpaired) electrons. The Bertz CT molecular complexity index is 886. The number of hydrogen-bond acceptors (Lipinski definition) is 5. The molecule has 0 saturated heterocycles. The summed E-state index contributed by atoms with van der Waals surface area (Å²) in [6, 6.07) is 15.9. The van der Waals surface area contributed by atoms with E-state index in [1.165, 1.54) is 11.8 Å². The van der Waals surface area contributed by atoms with Crippen molar-refractivity contribution in [1.29, 1.82) is 0 Å². The Kier molecular flexibility index (Phi) is 3.05. The lowest BCUT2D eigenvalue weighted by Crippen LogP contribution is -1.87. The number of thioether (sulfide) groups is 1. The summed E-state index contributed by atoms with van der Waals surface area (Å²) in [7, 11) is 0. The monoisotopic (exact) mass is 293 g/mol. The molecule has 3 heterocycles. The van der Waals surface area contributed by atoms with Gasteiger partial charge in [-0.2, -0.15) is 4.98 Å². The lowest BCUT2D eigenvalue weighted by molar-refractivity contribution is 0.489. The second kappa shape index (κ2) is 5.18. The summed E-state index contributed by atoms with van der Waals surface area (Å²) >= 11 is 1.53. The van der Waals surface area contributed by atoms with Gasteiger partial charge in [0.1, 0.15) is 0 Å². The fourth-order valence-electron chi connectivity index (χ4n) is 2.14. The summed E-state index contributed by atoms with van der Waals surface area (Å²) in [5.41, 5.74) is 3.38. The van der Waals surface area contributed by atoms with Crippen molar-refractivity contribution in [2.45, 2.75) is 11.0 Å². The van der Waals surface area contributed by atoms with Gasteiger partial charge in [-0.25, -0.2) is 4.98 Å². The molecule has 0 spiro atoms. The van der Waals surface area contributed by atoms with Crippen LogP contribution in [0.3, 0.4) is 0 Å². The van der Waals surface area contributed by atoms with E-state index in [0.29, 0.717) is 16.5 Å². The Labute approximate surface area is 125 Å². The molecule has 0 bridgehead atoms. The van der Waals surface area contributed by atoms with Gasteiger partial charge in [-0.15, -0.1) is 0 Å². The third kappa shape index (κ3) is 2.48. The maximum Gasteiger partial charge on any atom is 0.258 e. The van der Waals surface area contributed by atoms with Crippen LogP contribution in [0, 0.1) is 0 Å². The van der Waals surface area contributed by atoms with Crippen molar-refractivity contribution in [3.63, 3.8) is 0 Å². The SMILES string of the molecule is c1ccc2nc(CSc3nc4ncccc4o3)ccc2c1. The highest BCUT2D eigenvalue weighted by Crippen LogP contribution is 2.25. The average Bonchev–Trinajstić information content (AvgIpc) is 2.95. The maximum absolute atomic E-state index is 5.64. The van der Waals surface area contributed by atoms with E-state index in [-0.39, 0.29) is 0 Å². The topological polar surface area (TPSA) is 51.8 Å². The first-order valence-electron chi connectivity index (χ1n) is 6.57. The van der Waals surface area contributed by atoms with E-state index in [1.54, 1.807) is 6.20 Å². The van der Waals surface area contributed by atoms with Crippen molar-refractivity contribution in [3.05, 3.63) is 60.4 Å². The zero-order chi connectivity index (χ0) is 14.1. The maximum atomic E-state index is 5.64. The van der Waals surface area contributed by atoms with Crippen molar-refractivity contribution < 1.29 is 4.42 Å². The van der Waals surface area contributed by atoms with Gasteiger partial charge in [-0.3, -0.25) is 4.98 Å². The molecule has 0 atom stereocenters. The Morgan fingerprint density at radius 3 is 2.86 bits per heavy atom. The van der Waals surface area contributed by atoms with Crippen LogP contribution in [0.2, 0.25) is 0 Å². The van der Waals surface area contributed by atoms with Gasteiger partial charge in [-0.1, -0.05) is 36.0 Å². The molecule has 0 aliphatic heterocycles. The van der Waals surface area contributed by atoms with Crippen LogP contribution in [-0.4, -0.2) is 15.0 Å². The minimum atomic E-state index is 0.624. The molecule has 0 fully saturated rings. The smallest absolute Gasteiger partial charge is 0.258 e. The van der Waals surface area contributed by atoms with Crippen molar-refractivity contribution in [2.75, 3.05) is 0 Å². The lowest BCUT2D eigenvalue weighted by atomic mass is 10.2. The van der Waals surface area contributed by atoms with E-state index in [0.717, 1.165) is 22.3 Å². The number of aromatic nitrogens is 3. The third-order valence-electron chi connectivity index (χ3n) is 3.14. The molecule has 0 N–H and O–H groups in total. The van der Waals surface area contributed by atoms with Gasteiger partial charge in [-0.05, 0) is 24.3 Å². The predicted octanol–water partition coefficient (Wildman–Crippen LogP) is 4.06. The van der Waals surface area contributed by atoms with Crippen molar-refractivity contribution in [3.8, 4) is 0 Å². The van der Waals surface area contributed by atoms with Gasteiger partial charge in [0.15, 0.2) is 11.2 Å². The number of benzene rings is 1. The second-order valence-electron chi connectivity index (χ2n) is 4.59. The van der Waals surface area contributed by atoms with E-state index in [4.69, 9.17) is 4.42 Å². The molecule has 4 aromatic rings. The Morgan fingerprint density at radius 2 is 1.90 bits per heavy atom. The van der Waals surface area contributed by atoms with Gasteiger partial charge >= 0.3 is 0 Å². The number of fused-ring (bicyclic) bond motifs is 2. The molecule has 0 aliphatic rings. The van der Waals surface area contributed by atoms with E-state index < -0.39 is 0 Å². The number of para-hydroxylation sites is 1. The van der Waals surface area contributed by atoms with Crippen LogP contribution in [0.25, 0.3) is 22.1 Å². The molecule has 3 aromatic heterocycles. The van der Waals surface area contributed by atoms with E-state index in [9.17, 15) is 0 Å². The van der Waals surface area contributed by atoms with Crippen LogP contribution in [0.5, 0.6) is 0 Å². The van der Waals surface area contributed by atoms with Crippen LogP contribution in [0.4, 0.5) is 0 Å². The molecule has 21 heavy (non-hydrogen) atoms. The van der Waals surface area contributed by atoms with Crippen LogP contribution < -0.4 is 0 Å². The highest BCUT2D eigenvalue weighted by Gasteiger charge is 2.07. The van der Waals surface area contributed by atoms with Gasteiger partial charge in [0.25, 0.3) is 5.22 Å².